The molecule has 0 saturated heterocycles. The maximum absolute atomic E-state index is 10.6. The molecule has 0 aliphatic rings. The van der Waals surface area contributed by atoms with E-state index in [1.807, 2.05) is 30.3 Å². The molecule has 0 atom stereocenters. The summed E-state index contributed by atoms with van der Waals surface area (Å²) in [7, 11) is 0. The van der Waals surface area contributed by atoms with E-state index in [0.29, 0.717) is 18.3 Å². The second-order valence-corrected chi connectivity index (χ2v) is 4.33. The maximum atomic E-state index is 10.6. The van der Waals surface area contributed by atoms with E-state index in [-0.39, 0.29) is 0 Å². The fourth-order valence-corrected chi connectivity index (χ4v) is 1.86. The van der Waals surface area contributed by atoms with E-state index in [1.54, 1.807) is 11.8 Å². The molecule has 1 aromatic heterocycles. The maximum Gasteiger partial charge on any atom is 0.434 e. The quantitative estimate of drug-likeness (QED) is 0.792. The van der Waals surface area contributed by atoms with Gasteiger partial charge in [-0.15, -0.1) is 16.9 Å². The summed E-state index contributed by atoms with van der Waals surface area (Å²) in [5, 5.41) is 5.92. The third-order valence-electron chi connectivity index (χ3n) is 1.95. The van der Waals surface area contributed by atoms with Crippen molar-refractivity contribution in [3.8, 4) is 5.75 Å². The fraction of sp³-hybridized carbons (Fsp3) is 0.273. The molecular weight excluding hydrogens is 240 g/mol. The molecule has 5 nitrogen and oxygen atoms in total. The predicted octanol–water partition coefficient (Wildman–Crippen LogP) is 1.68. The van der Waals surface area contributed by atoms with Crippen molar-refractivity contribution in [1.29, 1.82) is 0 Å². The largest absolute Gasteiger partial charge is 0.493 e. The molecule has 0 spiro atoms. The number of nitrogens with zero attached hydrogens (tertiary/aromatic N) is 1. The Morgan fingerprint density at radius 1 is 1.35 bits per heavy atom. The highest BCUT2D eigenvalue weighted by molar-refractivity contribution is 7.98. The smallest absolute Gasteiger partial charge is 0.434 e. The summed E-state index contributed by atoms with van der Waals surface area (Å²) in [5.41, 5.74) is 0. The lowest BCUT2D eigenvalue weighted by atomic mass is 10.3. The van der Waals surface area contributed by atoms with Crippen LogP contribution in [0.4, 0.5) is 0 Å². The van der Waals surface area contributed by atoms with E-state index in [4.69, 9.17) is 9.15 Å². The highest BCUT2D eigenvalue weighted by Gasteiger charge is 2.00. The number of ether oxygens (including phenoxy) is 1. The number of rotatable bonds is 6. The van der Waals surface area contributed by atoms with Gasteiger partial charge in [-0.2, -0.15) is 0 Å². The molecule has 0 fully saturated rings. The molecule has 2 aromatic rings. The highest BCUT2D eigenvalue weighted by atomic mass is 32.2. The third kappa shape index (κ3) is 3.99. The summed E-state index contributed by atoms with van der Waals surface area (Å²) >= 11 is 1.60. The molecule has 0 unspecified atom stereocenters. The molecule has 1 N–H and O–H groups in total. The summed E-state index contributed by atoms with van der Waals surface area (Å²) in [5.74, 6) is 2.14. The SMILES string of the molecule is O=c1[nH]nc(CSCCOc2ccccc2)o1. The molecule has 90 valence electrons. The Balaban J connectivity index is 1.62. The van der Waals surface area contributed by atoms with Gasteiger partial charge < -0.3 is 9.15 Å². The van der Waals surface area contributed by atoms with E-state index in [0.717, 1.165) is 11.5 Å². The Bertz CT molecular complexity index is 495. The van der Waals surface area contributed by atoms with Gasteiger partial charge in [-0.1, -0.05) is 18.2 Å². The topological polar surface area (TPSA) is 68.1 Å². The van der Waals surface area contributed by atoms with E-state index in [9.17, 15) is 4.79 Å². The third-order valence-corrected chi connectivity index (χ3v) is 2.85. The minimum Gasteiger partial charge on any atom is -0.493 e. The molecule has 0 amide bonds. The molecule has 2 rings (SSSR count). The molecule has 0 aliphatic carbocycles. The van der Waals surface area contributed by atoms with Crippen LogP contribution in [0.15, 0.2) is 39.5 Å². The number of para-hydroxylation sites is 1. The lowest BCUT2D eigenvalue weighted by Gasteiger charge is -2.04. The fourth-order valence-electron chi connectivity index (χ4n) is 1.22. The summed E-state index contributed by atoms with van der Waals surface area (Å²) in [6.07, 6.45) is 0. The van der Waals surface area contributed by atoms with Crippen LogP contribution in [0.1, 0.15) is 5.89 Å². The number of benzene rings is 1. The van der Waals surface area contributed by atoms with Gasteiger partial charge in [0.05, 0.1) is 12.4 Å². The molecule has 0 aliphatic heterocycles. The summed E-state index contributed by atoms with van der Waals surface area (Å²) in [4.78, 5) is 10.6. The number of hydrogen-bond acceptors (Lipinski definition) is 5. The van der Waals surface area contributed by atoms with Crippen molar-refractivity contribution in [3.63, 3.8) is 0 Å². The van der Waals surface area contributed by atoms with Crippen molar-refractivity contribution in [2.45, 2.75) is 5.75 Å². The van der Waals surface area contributed by atoms with E-state index in [1.165, 1.54) is 0 Å². The van der Waals surface area contributed by atoms with Crippen molar-refractivity contribution in [3.05, 3.63) is 46.8 Å². The Morgan fingerprint density at radius 3 is 2.88 bits per heavy atom. The van der Waals surface area contributed by atoms with Crippen LogP contribution >= 0.6 is 11.8 Å². The van der Waals surface area contributed by atoms with Crippen LogP contribution in [-0.2, 0) is 5.75 Å². The van der Waals surface area contributed by atoms with E-state index >= 15 is 0 Å². The van der Waals surface area contributed by atoms with Gasteiger partial charge in [0.25, 0.3) is 0 Å². The second kappa shape index (κ2) is 6.15. The molecular formula is C11H12N2O3S. The van der Waals surface area contributed by atoms with Crippen LogP contribution in [0.25, 0.3) is 0 Å². The predicted molar refractivity (Wildman–Crippen MR) is 65.2 cm³/mol. The number of thioether (sulfide) groups is 1. The summed E-state index contributed by atoms with van der Waals surface area (Å²) < 4.78 is 10.3. The van der Waals surface area contributed by atoms with Gasteiger partial charge in [0, 0.05) is 5.75 Å². The highest BCUT2D eigenvalue weighted by Crippen LogP contribution is 2.11. The van der Waals surface area contributed by atoms with Crippen LogP contribution in [0.2, 0.25) is 0 Å². The zero-order chi connectivity index (χ0) is 11.9. The van der Waals surface area contributed by atoms with Crippen LogP contribution in [0.5, 0.6) is 5.75 Å². The van der Waals surface area contributed by atoms with Crippen LogP contribution in [0, 0.1) is 0 Å². The Morgan fingerprint density at radius 2 is 2.18 bits per heavy atom. The van der Waals surface area contributed by atoms with Gasteiger partial charge in [0.15, 0.2) is 0 Å². The summed E-state index contributed by atoms with van der Waals surface area (Å²) in [6.45, 7) is 0.614. The average Bonchev–Trinajstić information content (AvgIpc) is 2.76. The van der Waals surface area contributed by atoms with Gasteiger partial charge >= 0.3 is 5.76 Å². The van der Waals surface area contributed by atoms with Gasteiger partial charge in [0.2, 0.25) is 5.89 Å². The monoisotopic (exact) mass is 252 g/mol. The first-order valence-electron chi connectivity index (χ1n) is 5.14. The second-order valence-electron chi connectivity index (χ2n) is 3.22. The van der Waals surface area contributed by atoms with Crippen LogP contribution < -0.4 is 10.5 Å². The minimum atomic E-state index is -0.513. The van der Waals surface area contributed by atoms with Crippen LogP contribution in [0.3, 0.4) is 0 Å². The first-order chi connectivity index (χ1) is 8.34. The Hall–Kier alpha value is -1.69. The lowest BCUT2D eigenvalue weighted by molar-refractivity contribution is 0.344. The van der Waals surface area contributed by atoms with Crippen molar-refractivity contribution in [2.24, 2.45) is 0 Å². The average molecular weight is 252 g/mol. The van der Waals surface area contributed by atoms with Gasteiger partial charge in [0.1, 0.15) is 5.75 Å². The zero-order valence-electron chi connectivity index (χ0n) is 9.09. The van der Waals surface area contributed by atoms with Gasteiger partial charge in [-0.3, -0.25) is 0 Å². The lowest BCUT2D eigenvalue weighted by Crippen LogP contribution is -2.00. The van der Waals surface area contributed by atoms with Crippen molar-refractivity contribution in [1.82, 2.24) is 10.2 Å². The number of hydrogen-bond donors (Lipinski definition) is 1. The first-order valence-corrected chi connectivity index (χ1v) is 6.30. The molecule has 1 heterocycles. The standard InChI is InChI=1S/C11H12N2O3S/c14-11-13-12-10(16-11)8-17-7-6-15-9-4-2-1-3-5-9/h1-5H,6-8H2,(H,13,14). The number of H-pyrrole nitrogens is 1. The number of aromatic amines is 1. The van der Waals surface area contributed by atoms with Crippen molar-refractivity contribution >= 4 is 11.8 Å². The zero-order valence-corrected chi connectivity index (χ0v) is 9.90. The van der Waals surface area contributed by atoms with E-state index < -0.39 is 5.76 Å². The molecule has 0 saturated carbocycles. The van der Waals surface area contributed by atoms with Crippen molar-refractivity contribution in [2.75, 3.05) is 12.4 Å². The Kier molecular flexibility index (Phi) is 4.26. The van der Waals surface area contributed by atoms with Crippen molar-refractivity contribution < 1.29 is 9.15 Å². The minimum absolute atomic E-state index is 0.416. The first kappa shape index (κ1) is 11.8. The molecule has 0 bridgehead atoms. The van der Waals surface area contributed by atoms with Gasteiger partial charge in [-0.25, -0.2) is 9.89 Å². The normalized spacial score (nSPS) is 10.4. The van der Waals surface area contributed by atoms with Crippen LogP contribution in [-0.4, -0.2) is 22.6 Å². The number of aromatic nitrogens is 2. The molecule has 6 heteroatoms. The molecule has 0 radical (unpaired) electrons. The molecule has 1 aromatic carbocycles. The van der Waals surface area contributed by atoms with Gasteiger partial charge in [-0.05, 0) is 12.1 Å². The summed E-state index contributed by atoms with van der Waals surface area (Å²) in [6, 6.07) is 9.64. The van der Waals surface area contributed by atoms with E-state index in [2.05, 4.69) is 10.2 Å². The number of nitrogens with one attached hydrogen (secondary N) is 1. The molecule has 17 heavy (non-hydrogen) atoms. The Labute approximate surface area is 102 Å².